The Bertz CT molecular complexity index is 856. The van der Waals surface area contributed by atoms with Crippen molar-refractivity contribution in [3.63, 3.8) is 0 Å². The quantitative estimate of drug-likeness (QED) is 0.720. The van der Waals surface area contributed by atoms with Gasteiger partial charge in [-0.2, -0.15) is 0 Å². The summed E-state index contributed by atoms with van der Waals surface area (Å²) in [5.41, 5.74) is 1.82. The number of hydrogen-bond donors (Lipinski definition) is 1. The van der Waals surface area contributed by atoms with Gasteiger partial charge in [0.1, 0.15) is 12.1 Å². The largest absolute Gasteiger partial charge is 0.465 e. The summed E-state index contributed by atoms with van der Waals surface area (Å²) in [4.78, 5) is 31.8. The van der Waals surface area contributed by atoms with E-state index in [-0.39, 0.29) is 11.9 Å². The summed E-state index contributed by atoms with van der Waals surface area (Å²) in [7, 11) is 1.34. The number of nitrogens with one attached hydrogen (secondary N) is 1. The maximum absolute atomic E-state index is 12.2. The van der Waals surface area contributed by atoms with Crippen LogP contribution in [0.4, 0.5) is 0 Å². The number of pyridine rings is 1. The second-order valence-corrected chi connectivity index (χ2v) is 5.25. The molecule has 25 heavy (non-hydrogen) atoms. The normalized spacial score (nSPS) is 10.3. The van der Waals surface area contributed by atoms with E-state index in [0.29, 0.717) is 23.5 Å². The molecule has 0 unspecified atom stereocenters. The zero-order chi connectivity index (χ0) is 17.6. The molecule has 0 aliphatic carbocycles. The van der Waals surface area contributed by atoms with Crippen molar-refractivity contribution in [3.8, 4) is 5.82 Å². The zero-order valence-corrected chi connectivity index (χ0v) is 13.5. The molecule has 0 saturated carbocycles. The third-order valence-corrected chi connectivity index (χ3v) is 3.61. The number of esters is 1. The topological polar surface area (TPSA) is 86.1 Å². The minimum absolute atomic E-state index is 0.221. The number of rotatable bonds is 5. The summed E-state index contributed by atoms with van der Waals surface area (Å²) in [5, 5.41) is 2.82. The lowest BCUT2D eigenvalue weighted by Gasteiger charge is -2.07. The Morgan fingerprint density at radius 3 is 2.48 bits per heavy atom. The number of amides is 1. The summed E-state index contributed by atoms with van der Waals surface area (Å²) in [6, 6.07) is 10.3. The molecule has 3 rings (SSSR count). The molecule has 126 valence electrons. The van der Waals surface area contributed by atoms with Crippen LogP contribution < -0.4 is 5.32 Å². The molecule has 0 bridgehead atoms. The van der Waals surface area contributed by atoms with Gasteiger partial charge in [0.05, 0.1) is 18.2 Å². The van der Waals surface area contributed by atoms with E-state index in [2.05, 4.69) is 20.0 Å². The lowest BCUT2D eigenvalue weighted by Crippen LogP contribution is -2.23. The SMILES string of the molecule is COC(=O)c1ccc(CNC(=O)c2ccc(-n3ccnc3)nc2)cc1. The monoisotopic (exact) mass is 336 g/mol. The fourth-order valence-corrected chi connectivity index (χ4v) is 2.23. The van der Waals surface area contributed by atoms with Gasteiger partial charge in [0.2, 0.25) is 0 Å². The first-order valence-electron chi connectivity index (χ1n) is 7.57. The fraction of sp³-hybridized carbons (Fsp3) is 0.111. The van der Waals surface area contributed by atoms with Crippen LogP contribution in [-0.4, -0.2) is 33.5 Å². The molecule has 3 aromatic rings. The minimum Gasteiger partial charge on any atom is -0.465 e. The molecule has 0 atom stereocenters. The summed E-state index contributed by atoms with van der Waals surface area (Å²) in [5.74, 6) is 0.0776. The number of carbonyl (C=O) groups is 2. The van der Waals surface area contributed by atoms with Crippen molar-refractivity contribution in [1.82, 2.24) is 19.9 Å². The molecule has 0 aliphatic heterocycles. The minimum atomic E-state index is -0.389. The zero-order valence-electron chi connectivity index (χ0n) is 13.5. The van der Waals surface area contributed by atoms with Gasteiger partial charge in [0.15, 0.2) is 0 Å². The molecule has 7 nitrogen and oxygen atoms in total. The number of benzene rings is 1. The van der Waals surface area contributed by atoms with E-state index in [1.54, 1.807) is 59.7 Å². The van der Waals surface area contributed by atoms with Crippen molar-refractivity contribution in [2.45, 2.75) is 6.54 Å². The molecule has 2 aromatic heterocycles. The van der Waals surface area contributed by atoms with Gasteiger partial charge in [-0.25, -0.2) is 14.8 Å². The Morgan fingerprint density at radius 2 is 1.88 bits per heavy atom. The van der Waals surface area contributed by atoms with Gasteiger partial charge in [0.25, 0.3) is 5.91 Å². The Balaban J connectivity index is 1.60. The van der Waals surface area contributed by atoms with Crippen LogP contribution in [0.1, 0.15) is 26.3 Å². The summed E-state index contributed by atoms with van der Waals surface area (Å²) >= 11 is 0. The molecule has 1 amide bonds. The smallest absolute Gasteiger partial charge is 0.337 e. The number of ether oxygens (including phenoxy) is 1. The predicted molar refractivity (Wildman–Crippen MR) is 90.3 cm³/mol. The van der Waals surface area contributed by atoms with Crippen LogP contribution in [-0.2, 0) is 11.3 Å². The van der Waals surface area contributed by atoms with Crippen LogP contribution in [0.25, 0.3) is 5.82 Å². The van der Waals surface area contributed by atoms with Gasteiger partial charge in [-0.05, 0) is 29.8 Å². The molecule has 7 heteroatoms. The number of imidazole rings is 1. The highest BCUT2D eigenvalue weighted by atomic mass is 16.5. The lowest BCUT2D eigenvalue weighted by atomic mass is 10.1. The molecule has 0 radical (unpaired) electrons. The maximum atomic E-state index is 12.2. The van der Waals surface area contributed by atoms with E-state index in [1.165, 1.54) is 13.3 Å². The average Bonchev–Trinajstić information content (AvgIpc) is 3.21. The van der Waals surface area contributed by atoms with Crippen LogP contribution in [0.3, 0.4) is 0 Å². The second kappa shape index (κ2) is 7.39. The van der Waals surface area contributed by atoms with E-state index in [0.717, 1.165) is 5.56 Å². The van der Waals surface area contributed by atoms with Crippen molar-refractivity contribution in [3.05, 3.63) is 78.0 Å². The highest BCUT2D eigenvalue weighted by Gasteiger charge is 2.08. The molecule has 0 saturated heterocycles. The predicted octanol–water partition coefficient (Wildman–Crippen LogP) is 1.98. The van der Waals surface area contributed by atoms with Crippen molar-refractivity contribution in [1.29, 1.82) is 0 Å². The first-order chi connectivity index (χ1) is 12.2. The molecule has 1 aromatic carbocycles. The van der Waals surface area contributed by atoms with E-state index in [1.807, 2.05) is 0 Å². The average molecular weight is 336 g/mol. The fourth-order valence-electron chi connectivity index (χ4n) is 2.23. The highest BCUT2D eigenvalue weighted by molar-refractivity contribution is 5.94. The lowest BCUT2D eigenvalue weighted by molar-refractivity contribution is 0.0600. The van der Waals surface area contributed by atoms with E-state index < -0.39 is 0 Å². The number of aromatic nitrogens is 3. The molecular formula is C18H16N4O3. The van der Waals surface area contributed by atoms with Crippen molar-refractivity contribution in [2.24, 2.45) is 0 Å². The Hall–Kier alpha value is -3.48. The molecule has 0 spiro atoms. The molecule has 0 fully saturated rings. The number of methoxy groups -OCH3 is 1. The van der Waals surface area contributed by atoms with Gasteiger partial charge in [-0.1, -0.05) is 12.1 Å². The van der Waals surface area contributed by atoms with Gasteiger partial charge in [-0.3, -0.25) is 9.36 Å². The first-order valence-corrected chi connectivity index (χ1v) is 7.57. The number of hydrogen-bond acceptors (Lipinski definition) is 5. The summed E-state index contributed by atoms with van der Waals surface area (Å²) in [6.07, 6.45) is 6.60. The van der Waals surface area contributed by atoms with E-state index in [4.69, 9.17) is 0 Å². The van der Waals surface area contributed by atoms with Crippen LogP contribution in [0.15, 0.2) is 61.3 Å². The molecule has 2 heterocycles. The Kier molecular flexibility index (Phi) is 4.84. The standard InChI is InChI=1S/C18H16N4O3/c1-25-18(24)14-4-2-13(3-5-14)10-21-17(23)15-6-7-16(20-11-15)22-9-8-19-12-22/h2-9,11-12H,10H2,1H3,(H,21,23). The van der Waals surface area contributed by atoms with Gasteiger partial charge in [0, 0.05) is 25.1 Å². The molecular weight excluding hydrogens is 320 g/mol. The molecule has 0 aliphatic rings. The first kappa shape index (κ1) is 16.4. The Morgan fingerprint density at radius 1 is 1.12 bits per heavy atom. The van der Waals surface area contributed by atoms with Crippen LogP contribution in [0.5, 0.6) is 0 Å². The third kappa shape index (κ3) is 3.89. The number of nitrogens with zero attached hydrogens (tertiary/aromatic N) is 3. The van der Waals surface area contributed by atoms with Crippen molar-refractivity contribution in [2.75, 3.05) is 7.11 Å². The number of carbonyl (C=O) groups excluding carboxylic acids is 2. The van der Waals surface area contributed by atoms with E-state index >= 15 is 0 Å². The highest BCUT2D eigenvalue weighted by Crippen LogP contribution is 2.08. The van der Waals surface area contributed by atoms with Crippen LogP contribution in [0.2, 0.25) is 0 Å². The summed E-state index contributed by atoms with van der Waals surface area (Å²) in [6.45, 7) is 0.351. The van der Waals surface area contributed by atoms with Gasteiger partial charge in [-0.15, -0.1) is 0 Å². The second-order valence-electron chi connectivity index (χ2n) is 5.25. The molecule has 1 N–H and O–H groups in total. The van der Waals surface area contributed by atoms with Crippen LogP contribution in [0, 0.1) is 0 Å². The summed E-state index contributed by atoms with van der Waals surface area (Å²) < 4.78 is 6.40. The maximum Gasteiger partial charge on any atom is 0.337 e. The van der Waals surface area contributed by atoms with Crippen molar-refractivity contribution >= 4 is 11.9 Å². The van der Waals surface area contributed by atoms with E-state index in [9.17, 15) is 9.59 Å². The van der Waals surface area contributed by atoms with Gasteiger partial charge < -0.3 is 10.1 Å². The van der Waals surface area contributed by atoms with Crippen LogP contribution >= 0.6 is 0 Å². The van der Waals surface area contributed by atoms with Crippen molar-refractivity contribution < 1.29 is 14.3 Å². The van der Waals surface area contributed by atoms with Gasteiger partial charge >= 0.3 is 5.97 Å². The Labute approximate surface area is 144 Å². The third-order valence-electron chi connectivity index (χ3n) is 3.61.